The van der Waals surface area contributed by atoms with Gasteiger partial charge in [-0.05, 0) is 65.5 Å². The molecule has 0 radical (unpaired) electrons. The number of carbonyl (C=O) groups excluding carboxylic acids is 1. The van der Waals surface area contributed by atoms with E-state index in [9.17, 15) is 4.79 Å². The third-order valence-electron chi connectivity index (χ3n) is 5.53. The Morgan fingerprint density at radius 1 is 1.29 bits per heavy atom. The van der Waals surface area contributed by atoms with Crippen LogP contribution in [0.15, 0.2) is 0 Å². The predicted octanol–water partition coefficient (Wildman–Crippen LogP) is 2.57. The number of hydrogen-bond donors (Lipinski definition) is 1. The van der Waals surface area contributed by atoms with Crippen molar-refractivity contribution in [3.8, 4) is 0 Å². The number of ether oxygens (including phenoxy) is 1. The maximum atomic E-state index is 12.1. The smallest absolute Gasteiger partial charge is 0.326 e. The lowest BCUT2D eigenvalue weighted by molar-refractivity contribution is -0.150. The lowest BCUT2D eigenvalue weighted by Gasteiger charge is -2.45. The largest absolute Gasteiger partial charge is 0.465 e. The number of hydrogen-bond acceptors (Lipinski definition) is 4. The highest BCUT2D eigenvalue weighted by Crippen LogP contribution is 2.35. The normalized spacial score (nSPS) is 29.5. The first-order chi connectivity index (χ1) is 10.1. The van der Waals surface area contributed by atoms with Crippen molar-refractivity contribution >= 4 is 5.97 Å². The molecule has 1 saturated carbocycles. The maximum absolute atomic E-state index is 12.1. The molecule has 2 fully saturated rings. The minimum Gasteiger partial charge on any atom is -0.465 e. The molecule has 4 nitrogen and oxygen atoms in total. The lowest BCUT2D eigenvalue weighted by Crippen LogP contribution is -2.53. The Labute approximate surface area is 129 Å². The van der Waals surface area contributed by atoms with Gasteiger partial charge >= 0.3 is 5.97 Å². The van der Waals surface area contributed by atoms with Gasteiger partial charge in [-0.1, -0.05) is 12.8 Å². The second-order valence-electron chi connectivity index (χ2n) is 6.84. The van der Waals surface area contributed by atoms with Crippen molar-refractivity contribution in [2.45, 2.75) is 70.4 Å². The molecule has 2 aliphatic rings. The van der Waals surface area contributed by atoms with E-state index in [4.69, 9.17) is 4.74 Å². The number of nitrogens with zero attached hydrogens (tertiary/aromatic N) is 1. The van der Waals surface area contributed by atoms with Gasteiger partial charge in [0.2, 0.25) is 0 Å². The molecule has 1 heterocycles. The van der Waals surface area contributed by atoms with Gasteiger partial charge in [-0.2, -0.15) is 0 Å². The number of nitrogens with one attached hydrogen (secondary N) is 1. The summed E-state index contributed by atoms with van der Waals surface area (Å²) < 4.78 is 5.22. The van der Waals surface area contributed by atoms with Gasteiger partial charge in [-0.15, -0.1) is 0 Å². The van der Waals surface area contributed by atoms with Crippen LogP contribution in [-0.2, 0) is 9.53 Å². The molecule has 0 aromatic heterocycles. The molecule has 0 amide bonds. The first kappa shape index (κ1) is 16.8. The summed E-state index contributed by atoms with van der Waals surface area (Å²) in [5, 5.41) is 3.17. The van der Waals surface area contributed by atoms with Crippen LogP contribution in [0.2, 0.25) is 0 Å². The van der Waals surface area contributed by atoms with Crippen LogP contribution in [0.25, 0.3) is 0 Å². The third-order valence-corrected chi connectivity index (χ3v) is 5.53. The molecule has 1 aliphatic carbocycles. The minimum atomic E-state index is -0.558. The molecule has 1 saturated heterocycles. The van der Waals surface area contributed by atoms with Crippen molar-refractivity contribution in [1.29, 1.82) is 0 Å². The lowest BCUT2D eigenvalue weighted by atomic mass is 9.78. The topological polar surface area (TPSA) is 41.6 Å². The van der Waals surface area contributed by atoms with Gasteiger partial charge in [0.1, 0.15) is 5.54 Å². The summed E-state index contributed by atoms with van der Waals surface area (Å²) in [6.45, 7) is 6.48. The monoisotopic (exact) mass is 296 g/mol. The first-order valence-corrected chi connectivity index (χ1v) is 8.71. The molecular formula is C17H32N2O2. The number of carbonyl (C=O) groups is 1. The molecule has 0 aromatic rings. The SMILES string of the molecule is CCOC(=O)C(C)(CCN1CCC[C@H]2CCCC[C@H]21)NC. The summed E-state index contributed by atoms with van der Waals surface area (Å²) in [5.41, 5.74) is -0.558. The number of esters is 1. The summed E-state index contributed by atoms with van der Waals surface area (Å²) in [4.78, 5) is 14.8. The van der Waals surface area contributed by atoms with Crippen LogP contribution in [0.5, 0.6) is 0 Å². The third kappa shape index (κ3) is 3.98. The van der Waals surface area contributed by atoms with E-state index < -0.39 is 5.54 Å². The van der Waals surface area contributed by atoms with E-state index in [1.165, 1.54) is 45.1 Å². The molecule has 1 aliphatic heterocycles. The number of fused-ring (bicyclic) bond motifs is 1. The molecule has 4 heteroatoms. The van der Waals surface area contributed by atoms with Crippen LogP contribution in [-0.4, -0.2) is 49.2 Å². The van der Waals surface area contributed by atoms with Gasteiger partial charge in [0.15, 0.2) is 0 Å². The fourth-order valence-electron chi connectivity index (χ4n) is 3.99. The standard InChI is InChI=1S/C17H32N2O2/c1-4-21-16(20)17(2,18-3)11-13-19-12-7-9-14-8-5-6-10-15(14)19/h14-15,18H,4-13H2,1-3H3/t14-,15-,17?/m1/s1. The Morgan fingerprint density at radius 3 is 2.71 bits per heavy atom. The van der Waals surface area contributed by atoms with Gasteiger partial charge in [0.05, 0.1) is 6.61 Å². The summed E-state index contributed by atoms with van der Waals surface area (Å²) >= 11 is 0. The van der Waals surface area contributed by atoms with E-state index in [-0.39, 0.29) is 5.97 Å². The zero-order valence-corrected chi connectivity index (χ0v) is 14.0. The molecule has 0 bridgehead atoms. The van der Waals surface area contributed by atoms with Crippen LogP contribution in [0.1, 0.15) is 58.8 Å². The van der Waals surface area contributed by atoms with Gasteiger partial charge in [0.25, 0.3) is 0 Å². The highest BCUT2D eigenvalue weighted by Gasteiger charge is 2.37. The molecule has 1 N–H and O–H groups in total. The Kier molecular flexibility index (Phi) is 6.06. The fourth-order valence-corrected chi connectivity index (χ4v) is 3.99. The first-order valence-electron chi connectivity index (χ1n) is 8.71. The predicted molar refractivity (Wildman–Crippen MR) is 85.3 cm³/mol. The Hall–Kier alpha value is -0.610. The quantitative estimate of drug-likeness (QED) is 0.765. The summed E-state index contributed by atoms with van der Waals surface area (Å²) in [7, 11) is 1.86. The fraction of sp³-hybridized carbons (Fsp3) is 0.941. The molecule has 2 rings (SSSR count). The van der Waals surface area contributed by atoms with E-state index in [2.05, 4.69) is 10.2 Å². The number of likely N-dealkylation sites (tertiary alicyclic amines) is 1. The Bertz CT molecular complexity index is 346. The van der Waals surface area contributed by atoms with Gasteiger partial charge in [-0.25, -0.2) is 0 Å². The van der Waals surface area contributed by atoms with Gasteiger partial charge < -0.3 is 15.0 Å². The van der Waals surface area contributed by atoms with Crippen molar-refractivity contribution < 1.29 is 9.53 Å². The van der Waals surface area contributed by atoms with Crippen molar-refractivity contribution in [1.82, 2.24) is 10.2 Å². The van der Waals surface area contributed by atoms with Crippen LogP contribution in [0.4, 0.5) is 0 Å². The molecular weight excluding hydrogens is 264 g/mol. The summed E-state index contributed by atoms with van der Waals surface area (Å²) in [6.07, 6.45) is 9.08. The molecule has 21 heavy (non-hydrogen) atoms. The van der Waals surface area contributed by atoms with E-state index in [0.29, 0.717) is 6.61 Å². The second kappa shape index (κ2) is 7.59. The Balaban J connectivity index is 1.92. The van der Waals surface area contributed by atoms with Crippen LogP contribution >= 0.6 is 0 Å². The number of piperidine rings is 1. The van der Waals surface area contributed by atoms with E-state index in [0.717, 1.165) is 24.9 Å². The highest BCUT2D eigenvalue weighted by molar-refractivity contribution is 5.80. The van der Waals surface area contributed by atoms with Crippen molar-refractivity contribution in [2.24, 2.45) is 5.92 Å². The average molecular weight is 296 g/mol. The molecule has 0 spiro atoms. The number of likely N-dealkylation sites (N-methyl/N-ethyl adjacent to an activating group) is 1. The van der Waals surface area contributed by atoms with Crippen molar-refractivity contribution in [3.05, 3.63) is 0 Å². The molecule has 0 aromatic carbocycles. The summed E-state index contributed by atoms with van der Waals surface area (Å²) in [6, 6.07) is 0.760. The van der Waals surface area contributed by atoms with E-state index >= 15 is 0 Å². The highest BCUT2D eigenvalue weighted by atomic mass is 16.5. The average Bonchev–Trinajstić information content (AvgIpc) is 2.52. The van der Waals surface area contributed by atoms with Crippen molar-refractivity contribution in [3.63, 3.8) is 0 Å². The van der Waals surface area contributed by atoms with E-state index in [1.807, 2.05) is 20.9 Å². The second-order valence-corrected chi connectivity index (χ2v) is 6.84. The molecule has 122 valence electrons. The van der Waals surface area contributed by atoms with Crippen LogP contribution in [0.3, 0.4) is 0 Å². The van der Waals surface area contributed by atoms with Crippen molar-refractivity contribution in [2.75, 3.05) is 26.7 Å². The zero-order chi connectivity index (χ0) is 15.3. The van der Waals surface area contributed by atoms with E-state index in [1.54, 1.807) is 0 Å². The van der Waals surface area contributed by atoms with Gasteiger partial charge in [0, 0.05) is 12.6 Å². The minimum absolute atomic E-state index is 0.121. The number of rotatable bonds is 6. The summed E-state index contributed by atoms with van der Waals surface area (Å²) in [5.74, 6) is 0.778. The zero-order valence-electron chi connectivity index (χ0n) is 14.0. The Morgan fingerprint density at radius 2 is 2.00 bits per heavy atom. The molecule has 3 atom stereocenters. The van der Waals surface area contributed by atoms with Crippen LogP contribution in [0, 0.1) is 5.92 Å². The van der Waals surface area contributed by atoms with Crippen LogP contribution < -0.4 is 5.32 Å². The maximum Gasteiger partial charge on any atom is 0.326 e. The molecule has 1 unspecified atom stereocenters. The van der Waals surface area contributed by atoms with Gasteiger partial charge in [-0.3, -0.25) is 4.79 Å².